The molecule has 1 aromatic carbocycles. The van der Waals surface area contributed by atoms with E-state index in [2.05, 4.69) is 26.6 Å². The molecule has 0 saturated heterocycles. The smallest absolute Gasteiger partial charge is 0.228 e. The van der Waals surface area contributed by atoms with Crippen molar-refractivity contribution in [3.63, 3.8) is 0 Å². The monoisotopic (exact) mass is 353 g/mol. The predicted octanol–water partition coefficient (Wildman–Crippen LogP) is 1.70. The highest BCUT2D eigenvalue weighted by atomic mass is 79.9. The zero-order valence-electron chi connectivity index (χ0n) is 12.2. The van der Waals surface area contributed by atoms with E-state index in [4.69, 9.17) is 0 Å². The molecule has 114 valence electrons. The molecule has 6 heteroatoms. The van der Waals surface area contributed by atoms with Gasteiger partial charge in [-0.05, 0) is 48.6 Å². The summed E-state index contributed by atoms with van der Waals surface area (Å²) >= 11 is 3.39. The van der Waals surface area contributed by atoms with E-state index in [1.165, 1.54) is 0 Å². The second-order valence-corrected chi connectivity index (χ2v) is 6.37. The third kappa shape index (κ3) is 4.54. The number of amides is 2. The topological polar surface area (TPSA) is 61.4 Å². The average molecular weight is 354 g/mol. The van der Waals surface area contributed by atoms with E-state index in [9.17, 15) is 9.59 Å². The molecular weight excluding hydrogens is 334 g/mol. The van der Waals surface area contributed by atoms with Gasteiger partial charge in [-0.2, -0.15) is 0 Å². The minimum Gasteiger partial charge on any atom is -0.355 e. The number of nitrogens with zero attached hydrogens (tertiary/aromatic N) is 1. The molecule has 0 heterocycles. The molecule has 2 unspecified atom stereocenters. The molecule has 0 radical (unpaired) electrons. The summed E-state index contributed by atoms with van der Waals surface area (Å²) in [5.41, 5.74) is 0.737. The number of carbonyl (C=O) groups excluding carboxylic acids is 2. The number of halogens is 1. The Bertz CT molecular complexity index is 533. The predicted molar refractivity (Wildman–Crippen MR) is 85.9 cm³/mol. The summed E-state index contributed by atoms with van der Waals surface area (Å²) < 4.78 is 0.839. The molecule has 1 saturated carbocycles. The number of rotatable bonds is 6. The summed E-state index contributed by atoms with van der Waals surface area (Å²) in [6.45, 7) is 1.41. The summed E-state index contributed by atoms with van der Waals surface area (Å²) in [7, 11) is 3.91. The molecule has 0 spiro atoms. The molecule has 1 fully saturated rings. The molecule has 1 aromatic rings. The van der Waals surface area contributed by atoms with E-state index in [-0.39, 0.29) is 23.7 Å². The van der Waals surface area contributed by atoms with Crippen molar-refractivity contribution in [2.24, 2.45) is 11.8 Å². The van der Waals surface area contributed by atoms with Crippen LogP contribution in [-0.4, -0.2) is 43.9 Å². The third-order valence-corrected chi connectivity index (χ3v) is 4.15. The number of likely N-dealkylation sites (N-methyl/N-ethyl adjacent to an activating group) is 1. The minimum atomic E-state index is -0.212. The Labute approximate surface area is 133 Å². The summed E-state index contributed by atoms with van der Waals surface area (Å²) in [6, 6.07) is 7.45. The largest absolute Gasteiger partial charge is 0.355 e. The Morgan fingerprint density at radius 1 is 1.24 bits per heavy atom. The molecule has 0 aliphatic heterocycles. The van der Waals surface area contributed by atoms with E-state index in [1.807, 2.05) is 43.3 Å². The van der Waals surface area contributed by atoms with Gasteiger partial charge >= 0.3 is 0 Å². The van der Waals surface area contributed by atoms with Gasteiger partial charge in [-0.1, -0.05) is 12.1 Å². The first-order valence-electron chi connectivity index (χ1n) is 6.97. The first-order chi connectivity index (χ1) is 9.99. The van der Waals surface area contributed by atoms with Gasteiger partial charge in [0.15, 0.2) is 0 Å². The highest BCUT2D eigenvalue weighted by Gasteiger charge is 2.47. The van der Waals surface area contributed by atoms with Crippen LogP contribution in [0.25, 0.3) is 0 Å². The summed E-state index contributed by atoms with van der Waals surface area (Å²) in [6.07, 6.45) is 0.629. The lowest BCUT2D eigenvalue weighted by atomic mass is 10.2. The number of nitrogens with one attached hydrogen (secondary N) is 2. The van der Waals surface area contributed by atoms with Gasteiger partial charge in [0.1, 0.15) is 0 Å². The van der Waals surface area contributed by atoms with Crippen LogP contribution in [0.5, 0.6) is 0 Å². The maximum absolute atomic E-state index is 12.1. The standard InChI is InChI=1S/C15H20BrN3O2/c1-19(2)8-7-17-14(20)10-9-11(10)15(21)18-13-6-4-3-5-12(13)16/h3-6,10-11H,7-9H2,1-2H3,(H,17,20)(H,18,21). The van der Waals surface area contributed by atoms with Crippen LogP contribution in [0.2, 0.25) is 0 Å². The highest BCUT2D eigenvalue weighted by Crippen LogP contribution is 2.39. The quantitative estimate of drug-likeness (QED) is 0.818. The van der Waals surface area contributed by atoms with Crippen LogP contribution in [0.4, 0.5) is 5.69 Å². The summed E-state index contributed by atoms with van der Waals surface area (Å²) in [5.74, 6) is -0.509. The van der Waals surface area contributed by atoms with E-state index in [1.54, 1.807) is 0 Å². The number of carbonyl (C=O) groups is 2. The van der Waals surface area contributed by atoms with Gasteiger partial charge in [0.05, 0.1) is 17.5 Å². The summed E-state index contributed by atoms with van der Waals surface area (Å²) in [4.78, 5) is 26.0. The maximum Gasteiger partial charge on any atom is 0.228 e. The second-order valence-electron chi connectivity index (χ2n) is 5.51. The number of hydrogen-bond donors (Lipinski definition) is 2. The summed E-state index contributed by atoms with van der Waals surface area (Å²) in [5, 5.41) is 5.72. The fourth-order valence-corrected chi connectivity index (χ4v) is 2.48. The van der Waals surface area contributed by atoms with Crippen molar-refractivity contribution >= 4 is 33.4 Å². The van der Waals surface area contributed by atoms with E-state index < -0.39 is 0 Å². The van der Waals surface area contributed by atoms with Crippen LogP contribution >= 0.6 is 15.9 Å². The number of anilines is 1. The molecule has 5 nitrogen and oxygen atoms in total. The van der Waals surface area contributed by atoms with Gasteiger partial charge < -0.3 is 15.5 Å². The normalized spacial score (nSPS) is 20.2. The molecule has 1 aliphatic carbocycles. The fourth-order valence-electron chi connectivity index (χ4n) is 2.10. The Morgan fingerprint density at radius 3 is 2.57 bits per heavy atom. The minimum absolute atomic E-state index is 0.0240. The molecule has 2 N–H and O–H groups in total. The SMILES string of the molecule is CN(C)CCNC(=O)C1CC1C(=O)Nc1ccccc1Br. The van der Waals surface area contributed by atoms with Gasteiger partial charge in [0.2, 0.25) is 11.8 Å². The van der Waals surface area contributed by atoms with Crippen molar-refractivity contribution in [2.75, 3.05) is 32.5 Å². The van der Waals surface area contributed by atoms with Crippen molar-refractivity contribution in [3.8, 4) is 0 Å². The van der Waals surface area contributed by atoms with Crippen molar-refractivity contribution in [3.05, 3.63) is 28.7 Å². The van der Waals surface area contributed by atoms with Crippen LogP contribution < -0.4 is 10.6 Å². The van der Waals surface area contributed by atoms with Crippen LogP contribution in [0.3, 0.4) is 0 Å². The van der Waals surface area contributed by atoms with E-state index in [0.29, 0.717) is 13.0 Å². The molecule has 0 aromatic heterocycles. The Morgan fingerprint density at radius 2 is 1.90 bits per heavy atom. The van der Waals surface area contributed by atoms with Crippen LogP contribution in [0.15, 0.2) is 28.7 Å². The molecule has 21 heavy (non-hydrogen) atoms. The fraction of sp³-hybridized carbons (Fsp3) is 0.467. The zero-order valence-corrected chi connectivity index (χ0v) is 13.8. The lowest BCUT2D eigenvalue weighted by Gasteiger charge is -2.10. The molecule has 0 bridgehead atoms. The molecular formula is C15H20BrN3O2. The van der Waals surface area contributed by atoms with Gasteiger partial charge in [-0.3, -0.25) is 9.59 Å². The van der Waals surface area contributed by atoms with Crippen molar-refractivity contribution in [1.29, 1.82) is 0 Å². The lowest BCUT2D eigenvalue weighted by molar-refractivity contribution is -0.125. The molecule has 2 amide bonds. The second kappa shape index (κ2) is 7.04. The van der Waals surface area contributed by atoms with Crippen molar-refractivity contribution < 1.29 is 9.59 Å². The first-order valence-corrected chi connectivity index (χ1v) is 7.76. The Kier molecular flexibility index (Phi) is 5.36. The average Bonchev–Trinajstić information content (AvgIpc) is 3.21. The van der Waals surface area contributed by atoms with Gasteiger partial charge in [0, 0.05) is 17.6 Å². The van der Waals surface area contributed by atoms with Gasteiger partial charge in [0.25, 0.3) is 0 Å². The number of para-hydroxylation sites is 1. The number of benzene rings is 1. The molecule has 2 atom stereocenters. The zero-order chi connectivity index (χ0) is 15.4. The lowest BCUT2D eigenvalue weighted by Crippen LogP contribution is -2.33. The molecule has 1 aliphatic rings. The van der Waals surface area contributed by atoms with Crippen molar-refractivity contribution in [1.82, 2.24) is 10.2 Å². The number of hydrogen-bond acceptors (Lipinski definition) is 3. The van der Waals surface area contributed by atoms with Crippen LogP contribution in [-0.2, 0) is 9.59 Å². The van der Waals surface area contributed by atoms with Crippen LogP contribution in [0, 0.1) is 11.8 Å². The molecule has 2 rings (SSSR count). The highest BCUT2D eigenvalue weighted by molar-refractivity contribution is 9.10. The third-order valence-electron chi connectivity index (χ3n) is 3.45. The Balaban J connectivity index is 1.79. The van der Waals surface area contributed by atoms with Gasteiger partial charge in [-0.15, -0.1) is 0 Å². The Hall–Kier alpha value is -1.40. The van der Waals surface area contributed by atoms with Crippen molar-refractivity contribution in [2.45, 2.75) is 6.42 Å². The van der Waals surface area contributed by atoms with Gasteiger partial charge in [-0.25, -0.2) is 0 Å². The maximum atomic E-state index is 12.1. The van der Waals surface area contributed by atoms with E-state index >= 15 is 0 Å². The first kappa shape index (κ1) is 16.0. The van der Waals surface area contributed by atoms with E-state index in [0.717, 1.165) is 16.7 Å². The van der Waals surface area contributed by atoms with Crippen LogP contribution in [0.1, 0.15) is 6.42 Å².